The molecule has 0 saturated carbocycles. The fourth-order valence-corrected chi connectivity index (χ4v) is 2.50. The van der Waals surface area contributed by atoms with E-state index in [9.17, 15) is 4.79 Å². The van der Waals surface area contributed by atoms with E-state index in [2.05, 4.69) is 10.6 Å². The van der Waals surface area contributed by atoms with Crippen molar-refractivity contribution in [1.82, 2.24) is 5.32 Å². The van der Waals surface area contributed by atoms with E-state index in [-0.39, 0.29) is 11.0 Å². The van der Waals surface area contributed by atoms with Crippen molar-refractivity contribution in [2.45, 2.75) is 20.3 Å². The summed E-state index contributed by atoms with van der Waals surface area (Å²) in [7, 11) is 0. The van der Waals surface area contributed by atoms with Gasteiger partial charge in [0.1, 0.15) is 18.1 Å². The van der Waals surface area contributed by atoms with Crippen molar-refractivity contribution in [3.05, 3.63) is 54.1 Å². The van der Waals surface area contributed by atoms with E-state index in [1.54, 1.807) is 24.3 Å². The summed E-state index contributed by atoms with van der Waals surface area (Å²) in [4.78, 5) is 12.4. The van der Waals surface area contributed by atoms with Crippen molar-refractivity contribution in [1.29, 1.82) is 0 Å². The summed E-state index contributed by atoms with van der Waals surface area (Å²) in [5, 5.41) is 5.86. The van der Waals surface area contributed by atoms with Gasteiger partial charge in [0.05, 0.1) is 18.9 Å². The van der Waals surface area contributed by atoms with Crippen LogP contribution in [0.15, 0.2) is 48.5 Å². The number of carbonyl (C=O) groups excluding carboxylic acids is 1. The fraction of sp³-hybridized carbons (Fsp3) is 0.333. The van der Waals surface area contributed by atoms with Crippen LogP contribution < -0.4 is 20.1 Å². The molecule has 2 N–H and O–H groups in total. The van der Waals surface area contributed by atoms with Gasteiger partial charge in [-0.2, -0.15) is 0 Å². The lowest BCUT2D eigenvalue weighted by Crippen LogP contribution is -2.34. The Morgan fingerprint density at radius 2 is 1.71 bits per heavy atom. The van der Waals surface area contributed by atoms with Crippen molar-refractivity contribution >= 4 is 28.9 Å². The number of carbonyl (C=O) groups is 1. The molecule has 0 aliphatic carbocycles. The molecule has 7 heteroatoms. The summed E-state index contributed by atoms with van der Waals surface area (Å²) in [5.41, 5.74) is 1.17. The molecule has 2 rings (SSSR count). The van der Waals surface area contributed by atoms with Gasteiger partial charge in [-0.3, -0.25) is 10.1 Å². The van der Waals surface area contributed by atoms with Crippen LogP contribution in [-0.2, 0) is 4.74 Å². The zero-order chi connectivity index (χ0) is 20.2. The molecule has 1 amide bonds. The number of thiocarbonyl (C=S) groups is 1. The van der Waals surface area contributed by atoms with Crippen molar-refractivity contribution in [3.63, 3.8) is 0 Å². The maximum Gasteiger partial charge on any atom is 0.257 e. The number of nitrogens with one attached hydrogen (secondary N) is 2. The van der Waals surface area contributed by atoms with Crippen molar-refractivity contribution < 1.29 is 19.0 Å². The Balaban J connectivity index is 1.90. The molecule has 150 valence electrons. The Bertz CT molecular complexity index is 765. The topological polar surface area (TPSA) is 68.8 Å². The summed E-state index contributed by atoms with van der Waals surface area (Å²) < 4.78 is 16.5. The van der Waals surface area contributed by atoms with Crippen LogP contribution in [0.25, 0.3) is 0 Å². The summed E-state index contributed by atoms with van der Waals surface area (Å²) >= 11 is 5.26. The van der Waals surface area contributed by atoms with E-state index in [0.717, 1.165) is 12.2 Å². The van der Waals surface area contributed by atoms with Crippen LogP contribution in [0.5, 0.6) is 11.5 Å². The molecule has 0 atom stereocenters. The highest BCUT2D eigenvalue weighted by Crippen LogP contribution is 2.23. The molecular formula is C21H26N2O4S. The van der Waals surface area contributed by atoms with E-state index in [1.807, 2.05) is 38.1 Å². The Hall–Kier alpha value is -2.64. The Morgan fingerprint density at radius 1 is 0.964 bits per heavy atom. The second kappa shape index (κ2) is 11.9. The second-order valence-electron chi connectivity index (χ2n) is 5.82. The Labute approximate surface area is 171 Å². The Morgan fingerprint density at radius 3 is 2.43 bits per heavy atom. The molecule has 0 spiro atoms. The number of hydrogen-bond donors (Lipinski definition) is 2. The third-order valence-corrected chi connectivity index (χ3v) is 3.85. The molecular weight excluding hydrogens is 376 g/mol. The van der Waals surface area contributed by atoms with Gasteiger partial charge >= 0.3 is 0 Å². The molecule has 0 unspecified atom stereocenters. The zero-order valence-electron chi connectivity index (χ0n) is 16.2. The standard InChI is InChI=1S/C21H26N2O4S/c1-3-13-26-17-11-9-16(10-12-17)20(24)23-21(28)22-18-7-5-6-8-19(18)27-15-14-25-4-2/h5-12H,3-4,13-15H2,1-2H3,(H2,22,23,24,28). The molecule has 0 fully saturated rings. The third kappa shape index (κ3) is 7.17. The molecule has 0 bridgehead atoms. The minimum Gasteiger partial charge on any atom is -0.494 e. The van der Waals surface area contributed by atoms with Gasteiger partial charge in [-0.25, -0.2) is 0 Å². The van der Waals surface area contributed by atoms with Crippen LogP contribution in [0.1, 0.15) is 30.6 Å². The predicted molar refractivity (Wildman–Crippen MR) is 114 cm³/mol. The van der Waals surface area contributed by atoms with Gasteiger partial charge in [0.25, 0.3) is 5.91 Å². The van der Waals surface area contributed by atoms with Crippen LogP contribution >= 0.6 is 12.2 Å². The highest BCUT2D eigenvalue weighted by Gasteiger charge is 2.10. The van der Waals surface area contributed by atoms with Crippen LogP contribution in [0.2, 0.25) is 0 Å². The highest BCUT2D eigenvalue weighted by atomic mass is 32.1. The van der Waals surface area contributed by atoms with Crippen molar-refractivity contribution in [2.24, 2.45) is 0 Å². The van der Waals surface area contributed by atoms with E-state index >= 15 is 0 Å². The molecule has 2 aromatic rings. The first kappa shape index (κ1) is 21.7. The largest absolute Gasteiger partial charge is 0.494 e. The highest BCUT2D eigenvalue weighted by molar-refractivity contribution is 7.80. The first-order valence-corrected chi connectivity index (χ1v) is 9.69. The number of hydrogen-bond acceptors (Lipinski definition) is 5. The normalized spacial score (nSPS) is 10.2. The predicted octanol–water partition coefficient (Wildman–Crippen LogP) is 4.02. The van der Waals surface area contributed by atoms with Gasteiger partial charge < -0.3 is 19.5 Å². The maximum atomic E-state index is 12.4. The minimum absolute atomic E-state index is 0.192. The van der Waals surface area contributed by atoms with Crippen LogP contribution in [0.4, 0.5) is 5.69 Å². The van der Waals surface area contributed by atoms with E-state index < -0.39 is 0 Å². The number of para-hydroxylation sites is 2. The maximum absolute atomic E-state index is 12.4. The van der Waals surface area contributed by atoms with Gasteiger partial charge in [0.15, 0.2) is 5.11 Å². The molecule has 2 aromatic carbocycles. The SMILES string of the molecule is CCCOc1ccc(C(=O)NC(=S)Nc2ccccc2OCCOCC)cc1. The summed E-state index contributed by atoms with van der Waals surface area (Å²) in [6.45, 7) is 6.19. The Kier molecular flexibility index (Phi) is 9.24. The molecule has 6 nitrogen and oxygen atoms in total. The monoisotopic (exact) mass is 402 g/mol. The summed E-state index contributed by atoms with van der Waals surface area (Å²) in [6, 6.07) is 14.3. The van der Waals surface area contributed by atoms with Crippen LogP contribution in [0.3, 0.4) is 0 Å². The van der Waals surface area contributed by atoms with Gasteiger partial charge in [-0.15, -0.1) is 0 Å². The number of amides is 1. The average Bonchev–Trinajstić information content (AvgIpc) is 2.71. The average molecular weight is 403 g/mol. The lowest BCUT2D eigenvalue weighted by Gasteiger charge is -2.14. The number of ether oxygens (including phenoxy) is 3. The van der Waals surface area contributed by atoms with Gasteiger partial charge in [0.2, 0.25) is 0 Å². The summed E-state index contributed by atoms with van der Waals surface area (Å²) in [5.74, 6) is 1.07. The van der Waals surface area contributed by atoms with E-state index in [1.165, 1.54) is 0 Å². The smallest absolute Gasteiger partial charge is 0.257 e. The van der Waals surface area contributed by atoms with Gasteiger partial charge in [-0.05, 0) is 62.0 Å². The minimum atomic E-state index is -0.297. The lowest BCUT2D eigenvalue weighted by atomic mass is 10.2. The van der Waals surface area contributed by atoms with Gasteiger partial charge in [-0.1, -0.05) is 19.1 Å². The van der Waals surface area contributed by atoms with Crippen molar-refractivity contribution in [3.8, 4) is 11.5 Å². The second-order valence-corrected chi connectivity index (χ2v) is 6.23. The number of benzene rings is 2. The first-order valence-electron chi connectivity index (χ1n) is 9.28. The van der Waals surface area contributed by atoms with Crippen LogP contribution in [-0.4, -0.2) is 37.4 Å². The third-order valence-electron chi connectivity index (χ3n) is 3.64. The molecule has 0 aliphatic rings. The molecule has 0 heterocycles. The van der Waals surface area contributed by atoms with E-state index in [0.29, 0.717) is 43.4 Å². The molecule has 0 aliphatic heterocycles. The van der Waals surface area contributed by atoms with Crippen molar-refractivity contribution in [2.75, 3.05) is 31.7 Å². The summed E-state index contributed by atoms with van der Waals surface area (Å²) in [6.07, 6.45) is 0.930. The zero-order valence-corrected chi connectivity index (χ0v) is 17.0. The number of rotatable bonds is 10. The van der Waals surface area contributed by atoms with Crippen LogP contribution in [0, 0.1) is 0 Å². The molecule has 0 radical (unpaired) electrons. The lowest BCUT2D eigenvalue weighted by molar-refractivity contribution is 0.0977. The molecule has 0 aromatic heterocycles. The first-order chi connectivity index (χ1) is 13.6. The fourth-order valence-electron chi connectivity index (χ4n) is 2.30. The quantitative estimate of drug-likeness (QED) is 0.462. The molecule has 0 saturated heterocycles. The molecule has 28 heavy (non-hydrogen) atoms. The van der Waals surface area contributed by atoms with Gasteiger partial charge in [0, 0.05) is 12.2 Å². The van der Waals surface area contributed by atoms with E-state index in [4.69, 9.17) is 26.4 Å². The number of anilines is 1.